The van der Waals surface area contributed by atoms with Crippen LogP contribution < -0.4 is 0 Å². The molecule has 0 saturated heterocycles. The van der Waals surface area contributed by atoms with Gasteiger partial charge >= 0.3 is 0 Å². The molecule has 0 N–H and O–H groups in total. The Kier molecular flexibility index (Phi) is 0.887. The first-order chi connectivity index (χ1) is 4.92. The summed E-state index contributed by atoms with van der Waals surface area (Å²) in [6, 6.07) is 1.79. The van der Waals surface area contributed by atoms with E-state index in [1.807, 2.05) is 0 Å². The maximum Gasteiger partial charge on any atom is 0.266 e. The summed E-state index contributed by atoms with van der Waals surface area (Å²) < 4.78 is 6.51. The fourth-order valence-corrected chi connectivity index (χ4v) is 0.816. The number of nitrogens with zero attached hydrogens (tertiary/aromatic N) is 3. The molecule has 4 heteroatoms. The summed E-state index contributed by atoms with van der Waals surface area (Å²) in [5, 5.41) is 7.45. The van der Waals surface area contributed by atoms with E-state index in [0.717, 1.165) is 5.52 Å². The van der Waals surface area contributed by atoms with Crippen LogP contribution in [0, 0.1) is 0 Å². The van der Waals surface area contributed by atoms with Crippen LogP contribution in [0.1, 0.15) is 0 Å². The minimum atomic E-state index is 0.542. The molecule has 2 rings (SSSR count). The van der Waals surface area contributed by atoms with Gasteiger partial charge in [0.05, 0.1) is 6.26 Å². The fourth-order valence-electron chi connectivity index (χ4n) is 0.816. The molecule has 2 heterocycles. The molecule has 0 unspecified atom stereocenters. The molecule has 0 aromatic carbocycles. The highest BCUT2D eigenvalue weighted by atomic mass is 16.3. The maximum absolute atomic E-state index is 4.96. The highest BCUT2D eigenvalue weighted by molar-refractivity contribution is 5.69. The molecule has 2 aromatic heterocycles. The lowest BCUT2D eigenvalue weighted by Crippen LogP contribution is -1.85. The molecule has 50 valence electrons. The molecule has 0 saturated carbocycles. The Morgan fingerprint density at radius 3 is 3.40 bits per heavy atom. The quantitative estimate of drug-likeness (QED) is 0.588. The average Bonchev–Trinajstić information content (AvgIpc) is 2.44. The summed E-state index contributed by atoms with van der Waals surface area (Å²) >= 11 is 0. The van der Waals surface area contributed by atoms with Crippen LogP contribution in [0.4, 0.5) is 0 Å². The largest absolute Gasteiger partial charge is 0.444 e. The van der Waals surface area contributed by atoms with Crippen LogP contribution in [0.5, 0.6) is 0 Å². The van der Waals surface area contributed by atoms with Gasteiger partial charge in [-0.3, -0.25) is 0 Å². The Balaban J connectivity index is 2.88. The van der Waals surface area contributed by atoms with Crippen LogP contribution in [0.3, 0.4) is 0 Å². The molecule has 0 bridgehead atoms. The second-order valence-electron chi connectivity index (χ2n) is 1.83. The zero-order valence-electron chi connectivity index (χ0n) is 5.19. The van der Waals surface area contributed by atoms with E-state index >= 15 is 0 Å². The summed E-state index contributed by atoms with van der Waals surface area (Å²) in [6.45, 7) is 3.55. The number of hydrogen-bond donors (Lipinski definition) is 0. The number of hydrogen-bond acceptors (Lipinski definition) is 3. The second kappa shape index (κ2) is 1.70. The van der Waals surface area contributed by atoms with Crippen molar-refractivity contribution in [2.75, 3.05) is 0 Å². The summed E-state index contributed by atoms with van der Waals surface area (Å²) in [6.07, 6.45) is 3.14. The van der Waals surface area contributed by atoms with Gasteiger partial charge in [-0.2, -0.15) is 0 Å². The predicted octanol–water partition coefficient (Wildman–Crippen LogP) is 1.12. The van der Waals surface area contributed by atoms with E-state index < -0.39 is 0 Å². The van der Waals surface area contributed by atoms with Crippen molar-refractivity contribution in [3.63, 3.8) is 0 Å². The van der Waals surface area contributed by atoms with Gasteiger partial charge < -0.3 is 4.42 Å². The molecule has 0 aliphatic heterocycles. The van der Waals surface area contributed by atoms with E-state index in [2.05, 4.69) is 16.9 Å². The SMILES string of the molecule is C=Cn1nnc2occc21. The van der Waals surface area contributed by atoms with Crippen molar-refractivity contribution in [3.05, 3.63) is 18.9 Å². The Morgan fingerprint density at radius 2 is 2.60 bits per heavy atom. The van der Waals surface area contributed by atoms with Crippen molar-refractivity contribution in [1.82, 2.24) is 15.0 Å². The highest BCUT2D eigenvalue weighted by Gasteiger charge is 2.02. The van der Waals surface area contributed by atoms with E-state index in [-0.39, 0.29) is 0 Å². The third-order valence-electron chi connectivity index (χ3n) is 1.28. The number of aromatic nitrogens is 3. The van der Waals surface area contributed by atoms with Crippen molar-refractivity contribution >= 4 is 17.4 Å². The fraction of sp³-hybridized carbons (Fsp3) is 0. The minimum Gasteiger partial charge on any atom is -0.444 e. The van der Waals surface area contributed by atoms with Crippen LogP contribution in [-0.2, 0) is 0 Å². The molecular formula is C6H5N3O. The van der Waals surface area contributed by atoms with E-state index in [0.29, 0.717) is 5.71 Å². The average molecular weight is 135 g/mol. The first kappa shape index (κ1) is 5.22. The minimum absolute atomic E-state index is 0.542. The number of furan rings is 1. The maximum atomic E-state index is 4.96. The van der Waals surface area contributed by atoms with Gasteiger partial charge in [-0.1, -0.05) is 16.9 Å². The normalized spacial score (nSPS) is 10.4. The Bertz CT molecular complexity index is 360. The molecule has 0 fully saturated rings. The highest BCUT2D eigenvalue weighted by Crippen LogP contribution is 2.10. The van der Waals surface area contributed by atoms with Crippen LogP contribution >= 0.6 is 0 Å². The van der Waals surface area contributed by atoms with Crippen LogP contribution in [-0.4, -0.2) is 15.0 Å². The predicted molar refractivity (Wildman–Crippen MR) is 36.2 cm³/mol. The van der Waals surface area contributed by atoms with Gasteiger partial charge in [0.15, 0.2) is 0 Å². The topological polar surface area (TPSA) is 43.9 Å². The first-order valence-corrected chi connectivity index (χ1v) is 2.83. The van der Waals surface area contributed by atoms with Crippen molar-refractivity contribution in [2.24, 2.45) is 0 Å². The summed E-state index contributed by atoms with van der Waals surface area (Å²) in [7, 11) is 0. The van der Waals surface area contributed by atoms with Gasteiger partial charge in [-0.25, -0.2) is 4.68 Å². The summed E-state index contributed by atoms with van der Waals surface area (Å²) in [5.74, 6) is 0. The molecule has 0 amide bonds. The second-order valence-corrected chi connectivity index (χ2v) is 1.83. The first-order valence-electron chi connectivity index (χ1n) is 2.83. The zero-order valence-corrected chi connectivity index (χ0v) is 5.19. The van der Waals surface area contributed by atoms with Crippen LogP contribution in [0.25, 0.3) is 17.4 Å². The Labute approximate surface area is 56.7 Å². The Morgan fingerprint density at radius 1 is 1.70 bits per heavy atom. The third-order valence-corrected chi connectivity index (χ3v) is 1.28. The lowest BCUT2D eigenvalue weighted by atomic mass is 10.6. The van der Waals surface area contributed by atoms with Crippen molar-refractivity contribution in [1.29, 1.82) is 0 Å². The smallest absolute Gasteiger partial charge is 0.266 e. The summed E-state index contributed by atoms with van der Waals surface area (Å²) in [4.78, 5) is 0. The molecule has 0 aliphatic carbocycles. The number of rotatable bonds is 1. The van der Waals surface area contributed by atoms with E-state index in [9.17, 15) is 0 Å². The molecule has 0 atom stereocenters. The van der Waals surface area contributed by atoms with Crippen LogP contribution in [0.2, 0.25) is 0 Å². The molecule has 0 radical (unpaired) electrons. The van der Waals surface area contributed by atoms with E-state index in [1.54, 1.807) is 23.2 Å². The molecule has 4 nitrogen and oxygen atoms in total. The van der Waals surface area contributed by atoms with Gasteiger partial charge in [0.1, 0.15) is 5.52 Å². The Hall–Kier alpha value is -1.58. The molecule has 10 heavy (non-hydrogen) atoms. The number of fused-ring (bicyclic) bond motifs is 1. The van der Waals surface area contributed by atoms with Gasteiger partial charge in [0, 0.05) is 12.3 Å². The van der Waals surface area contributed by atoms with Gasteiger partial charge in [-0.05, 0) is 0 Å². The van der Waals surface area contributed by atoms with Gasteiger partial charge in [0.25, 0.3) is 5.71 Å². The monoisotopic (exact) mass is 135 g/mol. The third kappa shape index (κ3) is 0.500. The van der Waals surface area contributed by atoms with Crippen LogP contribution in [0.15, 0.2) is 23.3 Å². The standard InChI is InChI=1S/C6H5N3O/c1-2-9-5-3-4-10-6(5)7-8-9/h2-4H,1H2. The molecule has 0 spiro atoms. The van der Waals surface area contributed by atoms with E-state index in [4.69, 9.17) is 4.42 Å². The van der Waals surface area contributed by atoms with Crippen molar-refractivity contribution < 1.29 is 4.42 Å². The molecule has 2 aromatic rings. The van der Waals surface area contributed by atoms with Crippen molar-refractivity contribution in [2.45, 2.75) is 0 Å². The van der Waals surface area contributed by atoms with Crippen molar-refractivity contribution in [3.8, 4) is 0 Å². The lowest BCUT2D eigenvalue weighted by Gasteiger charge is -1.82. The lowest BCUT2D eigenvalue weighted by molar-refractivity contribution is 0.597. The van der Waals surface area contributed by atoms with Gasteiger partial charge in [0.2, 0.25) is 0 Å². The molecule has 0 aliphatic rings. The zero-order chi connectivity index (χ0) is 6.97. The summed E-state index contributed by atoms with van der Waals surface area (Å²) in [5.41, 5.74) is 1.38. The van der Waals surface area contributed by atoms with Gasteiger partial charge in [-0.15, -0.1) is 0 Å². The molecular weight excluding hydrogens is 130 g/mol. The van der Waals surface area contributed by atoms with E-state index in [1.165, 1.54) is 0 Å².